The molecule has 0 amide bonds. The Morgan fingerprint density at radius 3 is 2.18 bits per heavy atom. The summed E-state index contributed by atoms with van der Waals surface area (Å²) in [6.07, 6.45) is 15.4. The molecule has 0 bridgehead atoms. The maximum atomic E-state index is 6.07. The zero-order valence-corrected chi connectivity index (χ0v) is 12.1. The molecule has 1 fully saturated rings. The minimum atomic E-state index is 0.526. The van der Waals surface area contributed by atoms with E-state index in [2.05, 4.69) is 13.8 Å². The maximum absolute atomic E-state index is 6.07. The molecule has 0 saturated heterocycles. The van der Waals surface area contributed by atoms with Gasteiger partial charge in [0, 0.05) is 0 Å². The monoisotopic (exact) mass is 239 g/mol. The van der Waals surface area contributed by atoms with E-state index in [4.69, 9.17) is 5.73 Å². The van der Waals surface area contributed by atoms with Gasteiger partial charge in [-0.25, -0.2) is 0 Å². The summed E-state index contributed by atoms with van der Waals surface area (Å²) >= 11 is 0. The second-order valence-electron chi connectivity index (χ2n) is 6.22. The Bertz CT molecular complexity index is 180. The van der Waals surface area contributed by atoms with Crippen molar-refractivity contribution < 1.29 is 0 Å². The Labute approximate surface area is 109 Å². The van der Waals surface area contributed by atoms with Gasteiger partial charge in [-0.15, -0.1) is 0 Å². The van der Waals surface area contributed by atoms with Crippen molar-refractivity contribution in [3.63, 3.8) is 0 Å². The van der Waals surface area contributed by atoms with Crippen molar-refractivity contribution >= 4 is 0 Å². The summed E-state index contributed by atoms with van der Waals surface area (Å²) in [5, 5.41) is 0. The first kappa shape index (κ1) is 15.0. The van der Waals surface area contributed by atoms with Crippen LogP contribution in [-0.4, -0.2) is 6.54 Å². The van der Waals surface area contributed by atoms with E-state index in [1.807, 2.05) is 0 Å². The lowest BCUT2D eigenvalue weighted by atomic mass is 9.67. The van der Waals surface area contributed by atoms with Crippen LogP contribution in [0.4, 0.5) is 0 Å². The Morgan fingerprint density at radius 2 is 1.65 bits per heavy atom. The van der Waals surface area contributed by atoms with Gasteiger partial charge < -0.3 is 5.73 Å². The summed E-state index contributed by atoms with van der Waals surface area (Å²) in [5.74, 6) is 0.995. The lowest BCUT2D eigenvalue weighted by Gasteiger charge is -2.39. The first-order valence-corrected chi connectivity index (χ1v) is 7.96. The molecule has 0 aromatic rings. The van der Waals surface area contributed by atoms with Crippen molar-refractivity contribution in [1.29, 1.82) is 0 Å². The molecule has 1 aliphatic rings. The van der Waals surface area contributed by atoms with Gasteiger partial charge in [0.05, 0.1) is 0 Å². The highest BCUT2D eigenvalue weighted by Gasteiger charge is 2.32. The number of hydrogen-bond donors (Lipinski definition) is 1. The zero-order chi connectivity index (χ0) is 12.6. The quantitative estimate of drug-likeness (QED) is 0.599. The van der Waals surface area contributed by atoms with Crippen LogP contribution in [0.5, 0.6) is 0 Å². The van der Waals surface area contributed by atoms with E-state index >= 15 is 0 Å². The molecule has 1 heteroatoms. The van der Waals surface area contributed by atoms with Crippen molar-refractivity contribution in [3.8, 4) is 0 Å². The lowest BCUT2D eigenvalue weighted by Crippen LogP contribution is -2.34. The molecule has 17 heavy (non-hydrogen) atoms. The van der Waals surface area contributed by atoms with Gasteiger partial charge in [0.25, 0.3) is 0 Å². The van der Waals surface area contributed by atoms with Crippen LogP contribution in [0, 0.1) is 11.3 Å². The molecule has 0 spiro atoms. The van der Waals surface area contributed by atoms with Crippen LogP contribution in [0.25, 0.3) is 0 Å². The molecule has 1 aliphatic carbocycles. The minimum Gasteiger partial charge on any atom is -0.330 e. The van der Waals surface area contributed by atoms with Gasteiger partial charge in [-0.2, -0.15) is 0 Å². The summed E-state index contributed by atoms with van der Waals surface area (Å²) in [7, 11) is 0. The van der Waals surface area contributed by atoms with Crippen LogP contribution < -0.4 is 5.73 Å². The largest absolute Gasteiger partial charge is 0.330 e. The first-order valence-electron chi connectivity index (χ1n) is 7.96. The second-order valence-corrected chi connectivity index (χ2v) is 6.22. The SMILES string of the molecule is CCCCCCCC1(CN)CCC(CC)CC1. The van der Waals surface area contributed by atoms with E-state index in [1.54, 1.807) is 0 Å². The molecule has 1 rings (SSSR count). The number of unbranched alkanes of at least 4 members (excludes halogenated alkanes) is 4. The number of nitrogens with two attached hydrogens (primary N) is 1. The molecule has 0 aliphatic heterocycles. The van der Waals surface area contributed by atoms with Crippen molar-refractivity contribution in [3.05, 3.63) is 0 Å². The Balaban J connectivity index is 2.22. The van der Waals surface area contributed by atoms with Crippen molar-refractivity contribution in [1.82, 2.24) is 0 Å². The van der Waals surface area contributed by atoms with Crippen LogP contribution in [0.3, 0.4) is 0 Å². The summed E-state index contributed by atoms with van der Waals surface area (Å²) in [5.41, 5.74) is 6.59. The molecule has 1 nitrogen and oxygen atoms in total. The fraction of sp³-hybridized carbons (Fsp3) is 1.00. The highest BCUT2D eigenvalue weighted by molar-refractivity contribution is 4.86. The molecule has 0 unspecified atom stereocenters. The average Bonchev–Trinajstić information content (AvgIpc) is 2.39. The molecular formula is C16H33N. The third kappa shape index (κ3) is 4.99. The topological polar surface area (TPSA) is 26.0 Å². The van der Waals surface area contributed by atoms with Gasteiger partial charge in [0.15, 0.2) is 0 Å². The van der Waals surface area contributed by atoms with Crippen molar-refractivity contribution in [2.75, 3.05) is 6.54 Å². The molecule has 1 saturated carbocycles. The summed E-state index contributed by atoms with van der Waals surface area (Å²) in [4.78, 5) is 0. The second kappa shape index (κ2) is 8.13. The Hall–Kier alpha value is -0.0400. The lowest BCUT2D eigenvalue weighted by molar-refractivity contribution is 0.138. The molecule has 0 aromatic carbocycles. The van der Waals surface area contributed by atoms with Gasteiger partial charge in [-0.05, 0) is 50.0 Å². The standard InChI is InChI=1S/C16H33N/c1-3-5-6-7-8-11-16(14-17)12-9-15(4-2)10-13-16/h15H,3-14,17H2,1-2H3. The molecule has 102 valence electrons. The predicted molar refractivity (Wildman–Crippen MR) is 77.1 cm³/mol. The zero-order valence-electron chi connectivity index (χ0n) is 12.1. The van der Waals surface area contributed by atoms with Crippen molar-refractivity contribution in [2.24, 2.45) is 17.1 Å². The van der Waals surface area contributed by atoms with Gasteiger partial charge in [0.1, 0.15) is 0 Å². The molecule has 0 heterocycles. The van der Waals surface area contributed by atoms with Crippen LogP contribution in [-0.2, 0) is 0 Å². The van der Waals surface area contributed by atoms with Gasteiger partial charge in [-0.1, -0.05) is 52.4 Å². The van der Waals surface area contributed by atoms with Gasteiger partial charge in [0.2, 0.25) is 0 Å². The molecular weight excluding hydrogens is 206 g/mol. The van der Waals surface area contributed by atoms with E-state index in [0.29, 0.717) is 5.41 Å². The summed E-state index contributed by atoms with van der Waals surface area (Å²) in [6, 6.07) is 0. The molecule has 2 N–H and O–H groups in total. The van der Waals surface area contributed by atoms with Crippen LogP contribution in [0.1, 0.15) is 84.5 Å². The van der Waals surface area contributed by atoms with E-state index in [9.17, 15) is 0 Å². The smallest absolute Gasteiger partial charge is 0.00205 e. The Morgan fingerprint density at radius 1 is 1.00 bits per heavy atom. The van der Waals surface area contributed by atoms with E-state index in [1.165, 1.54) is 70.6 Å². The third-order valence-electron chi connectivity index (χ3n) is 4.99. The van der Waals surface area contributed by atoms with Crippen molar-refractivity contribution in [2.45, 2.75) is 84.5 Å². The normalized spacial score (nSPS) is 29.5. The minimum absolute atomic E-state index is 0.526. The maximum Gasteiger partial charge on any atom is -0.00205 e. The highest BCUT2D eigenvalue weighted by atomic mass is 14.6. The van der Waals surface area contributed by atoms with E-state index < -0.39 is 0 Å². The summed E-state index contributed by atoms with van der Waals surface area (Å²) < 4.78 is 0. The fourth-order valence-electron chi connectivity index (χ4n) is 3.36. The van der Waals surface area contributed by atoms with E-state index in [0.717, 1.165) is 12.5 Å². The molecule has 0 atom stereocenters. The first-order chi connectivity index (χ1) is 8.26. The van der Waals surface area contributed by atoms with Gasteiger partial charge in [-0.3, -0.25) is 0 Å². The Kier molecular flexibility index (Phi) is 7.18. The summed E-state index contributed by atoms with van der Waals surface area (Å²) in [6.45, 7) is 5.55. The molecule has 0 aromatic heterocycles. The number of hydrogen-bond acceptors (Lipinski definition) is 1. The highest BCUT2D eigenvalue weighted by Crippen LogP contribution is 2.42. The van der Waals surface area contributed by atoms with Crippen LogP contribution >= 0.6 is 0 Å². The third-order valence-corrected chi connectivity index (χ3v) is 4.99. The number of rotatable bonds is 8. The molecule has 0 radical (unpaired) electrons. The fourth-order valence-corrected chi connectivity index (χ4v) is 3.36. The predicted octanol–water partition coefficient (Wildman–Crippen LogP) is 4.89. The average molecular weight is 239 g/mol. The van der Waals surface area contributed by atoms with Crippen LogP contribution in [0.15, 0.2) is 0 Å². The van der Waals surface area contributed by atoms with Crippen LogP contribution in [0.2, 0.25) is 0 Å². The van der Waals surface area contributed by atoms with E-state index in [-0.39, 0.29) is 0 Å². The van der Waals surface area contributed by atoms with Gasteiger partial charge >= 0.3 is 0 Å².